The fourth-order valence-electron chi connectivity index (χ4n) is 1.20. The smallest absolute Gasteiger partial charge is 0.166 e. The van der Waals surface area contributed by atoms with Gasteiger partial charge in [-0.1, -0.05) is 22.0 Å². The van der Waals surface area contributed by atoms with Crippen molar-refractivity contribution in [2.75, 3.05) is 5.73 Å². The van der Waals surface area contributed by atoms with Crippen molar-refractivity contribution in [2.24, 2.45) is 0 Å². The van der Waals surface area contributed by atoms with Gasteiger partial charge in [0.05, 0.1) is 11.9 Å². The Balaban J connectivity index is 2.57. The van der Waals surface area contributed by atoms with Crippen molar-refractivity contribution in [2.45, 2.75) is 6.92 Å². The van der Waals surface area contributed by atoms with E-state index in [-0.39, 0.29) is 0 Å². The summed E-state index contributed by atoms with van der Waals surface area (Å²) < 4.78 is 1.03. The van der Waals surface area contributed by atoms with Gasteiger partial charge in [-0.3, -0.25) is 0 Å². The Morgan fingerprint density at radius 1 is 1.43 bits per heavy atom. The molecule has 1 aromatic carbocycles. The summed E-state index contributed by atoms with van der Waals surface area (Å²) in [5, 5.41) is 8.09. The molecule has 5 heteroatoms. The van der Waals surface area contributed by atoms with Crippen LogP contribution in [0.2, 0.25) is 0 Å². The molecule has 2 aromatic rings. The van der Waals surface area contributed by atoms with Gasteiger partial charge in [-0.2, -0.15) is 5.10 Å². The Labute approximate surface area is 89.9 Å². The molecule has 0 saturated carbocycles. The van der Waals surface area contributed by atoms with Crippen LogP contribution in [0.25, 0.3) is 5.69 Å². The lowest BCUT2D eigenvalue weighted by molar-refractivity contribution is 0.749. The van der Waals surface area contributed by atoms with Gasteiger partial charge < -0.3 is 5.73 Å². The molecule has 0 aliphatic heterocycles. The summed E-state index contributed by atoms with van der Waals surface area (Å²) in [7, 11) is 0. The fourth-order valence-corrected chi connectivity index (χ4v) is 1.56. The zero-order valence-corrected chi connectivity index (χ0v) is 9.19. The predicted octanol–water partition coefficient (Wildman–Crippen LogP) is 1.92. The highest BCUT2D eigenvalue weighted by Crippen LogP contribution is 2.21. The maximum Gasteiger partial charge on any atom is 0.166 e. The number of aromatic nitrogens is 3. The first kappa shape index (κ1) is 9.21. The number of halogens is 1. The monoisotopic (exact) mass is 252 g/mol. The average Bonchev–Trinajstić information content (AvgIpc) is 2.57. The van der Waals surface area contributed by atoms with E-state index >= 15 is 0 Å². The Hall–Kier alpha value is -1.36. The molecule has 0 aliphatic carbocycles. The van der Waals surface area contributed by atoms with Crippen LogP contribution in [-0.4, -0.2) is 15.0 Å². The molecule has 0 amide bonds. The van der Waals surface area contributed by atoms with Gasteiger partial charge in [-0.05, 0) is 24.6 Å². The molecule has 4 nitrogen and oxygen atoms in total. The molecule has 2 N–H and O–H groups in total. The van der Waals surface area contributed by atoms with Gasteiger partial charge in [0.2, 0.25) is 0 Å². The van der Waals surface area contributed by atoms with Crippen LogP contribution in [0.4, 0.5) is 5.82 Å². The van der Waals surface area contributed by atoms with E-state index in [2.05, 4.69) is 26.1 Å². The number of anilines is 1. The molecule has 0 fully saturated rings. The Morgan fingerprint density at radius 2 is 2.21 bits per heavy atom. The summed E-state index contributed by atoms with van der Waals surface area (Å²) in [6.07, 6.45) is 1.53. The van der Waals surface area contributed by atoms with Crippen LogP contribution in [0.15, 0.2) is 28.9 Å². The van der Waals surface area contributed by atoms with Gasteiger partial charge in [-0.25, -0.2) is 0 Å². The Kier molecular flexibility index (Phi) is 2.25. The van der Waals surface area contributed by atoms with Crippen LogP contribution in [0.3, 0.4) is 0 Å². The minimum Gasteiger partial charge on any atom is -0.381 e. The molecule has 0 atom stereocenters. The van der Waals surface area contributed by atoms with E-state index in [0.717, 1.165) is 15.7 Å². The zero-order chi connectivity index (χ0) is 10.1. The third-order valence-corrected chi connectivity index (χ3v) is 2.82. The predicted molar refractivity (Wildman–Crippen MR) is 58.2 cm³/mol. The fraction of sp³-hybridized carbons (Fsp3) is 0.111. The summed E-state index contributed by atoms with van der Waals surface area (Å²) in [4.78, 5) is 1.52. The first-order valence-electron chi connectivity index (χ1n) is 4.12. The summed E-state index contributed by atoms with van der Waals surface area (Å²) in [5.74, 6) is 0.421. The van der Waals surface area contributed by atoms with Gasteiger partial charge in [0.15, 0.2) is 5.82 Å². The van der Waals surface area contributed by atoms with Crippen LogP contribution >= 0.6 is 15.9 Å². The van der Waals surface area contributed by atoms with Crippen LogP contribution in [0.1, 0.15) is 5.56 Å². The molecular formula is C9H9BrN4. The summed E-state index contributed by atoms with van der Waals surface area (Å²) >= 11 is 3.45. The van der Waals surface area contributed by atoms with E-state index in [4.69, 9.17) is 5.73 Å². The van der Waals surface area contributed by atoms with Crippen LogP contribution < -0.4 is 5.73 Å². The normalized spacial score (nSPS) is 10.4. The number of rotatable bonds is 1. The molecule has 0 unspecified atom stereocenters. The van der Waals surface area contributed by atoms with Crippen molar-refractivity contribution in [3.05, 3.63) is 34.4 Å². The summed E-state index contributed by atoms with van der Waals surface area (Å²) in [6, 6.07) is 5.86. The number of nitrogens with zero attached hydrogens (tertiary/aromatic N) is 3. The van der Waals surface area contributed by atoms with Gasteiger partial charge in [-0.15, -0.1) is 9.90 Å². The topological polar surface area (TPSA) is 56.7 Å². The number of benzene rings is 1. The number of nitrogen functional groups attached to an aromatic ring is 1. The van der Waals surface area contributed by atoms with E-state index in [1.54, 1.807) is 0 Å². The highest BCUT2D eigenvalue weighted by atomic mass is 79.9. The minimum atomic E-state index is 0.421. The van der Waals surface area contributed by atoms with E-state index in [0.29, 0.717) is 5.82 Å². The Bertz CT molecular complexity index is 464. The van der Waals surface area contributed by atoms with E-state index in [9.17, 15) is 0 Å². The minimum absolute atomic E-state index is 0.421. The second-order valence-corrected chi connectivity index (χ2v) is 3.80. The SMILES string of the molecule is Cc1c(Br)cccc1-n1ncc(N)n1. The molecule has 2 rings (SSSR count). The van der Waals surface area contributed by atoms with Crippen molar-refractivity contribution in [3.8, 4) is 5.69 Å². The average molecular weight is 253 g/mol. The molecular weight excluding hydrogens is 244 g/mol. The lowest BCUT2D eigenvalue weighted by Gasteiger charge is -2.05. The summed E-state index contributed by atoms with van der Waals surface area (Å²) in [6.45, 7) is 2.00. The van der Waals surface area contributed by atoms with Gasteiger partial charge in [0.1, 0.15) is 0 Å². The standard InChI is InChI=1S/C9H9BrN4/c1-6-7(10)3-2-4-8(6)14-12-5-9(11)13-14/h2-5H,1H3,(H2,11,13). The Morgan fingerprint density at radius 3 is 2.86 bits per heavy atom. The van der Waals surface area contributed by atoms with Gasteiger partial charge in [0, 0.05) is 4.47 Å². The lowest BCUT2D eigenvalue weighted by atomic mass is 10.2. The van der Waals surface area contributed by atoms with Crippen LogP contribution in [-0.2, 0) is 0 Å². The third kappa shape index (κ3) is 1.50. The largest absolute Gasteiger partial charge is 0.381 e. The lowest BCUT2D eigenvalue weighted by Crippen LogP contribution is -2.01. The number of hydrogen-bond donors (Lipinski definition) is 1. The van der Waals surface area contributed by atoms with Crippen molar-refractivity contribution < 1.29 is 0 Å². The van der Waals surface area contributed by atoms with E-state index in [1.165, 1.54) is 11.0 Å². The first-order chi connectivity index (χ1) is 6.68. The maximum absolute atomic E-state index is 5.50. The van der Waals surface area contributed by atoms with Crippen molar-refractivity contribution >= 4 is 21.7 Å². The molecule has 0 spiro atoms. The van der Waals surface area contributed by atoms with Crippen molar-refractivity contribution in [1.29, 1.82) is 0 Å². The first-order valence-corrected chi connectivity index (χ1v) is 4.91. The second-order valence-electron chi connectivity index (χ2n) is 2.94. The van der Waals surface area contributed by atoms with E-state index in [1.807, 2.05) is 25.1 Å². The highest BCUT2D eigenvalue weighted by Gasteiger charge is 2.05. The molecule has 0 aliphatic rings. The molecule has 1 aromatic heterocycles. The molecule has 1 heterocycles. The molecule has 0 radical (unpaired) electrons. The molecule has 0 saturated heterocycles. The van der Waals surface area contributed by atoms with E-state index < -0.39 is 0 Å². The highest BCUT2D eigenvalue weighted by molar-refractivity contribution is 9.10. The third-order valence-electron chi connectivity index (χ3n) is 1.96. The summed E-state index contributed by atoms with van der Waals surface area (Å²) in [5.41, 5.74) is 7.51. The van der Waals surface area contributed by atoms with Crippen LogP contribution in [0, 0.1) is 6.92 Å². The van der Waals surface area contributed by atoms with Crippen molar-refractivity contribution in [3.63, 3.8) is 0 Å². The quantitative estimate of drug-likeness (QED) is 0.844. The molecule has 72 valence electrons. The number of hydrogen-bond acceptors (Lipinski definition) is 3. The van der Waals surface area contributed by atoms with Crippen molar-refractivity contribution in [1.82, 2.24) is 15.0 Å². The van der Waals surface area contributed by atoms with Crippen LogP contribution in [0.5, 0.6) is 0 Å². The molecule has 0 bridgehead atoms. The second kappa shape index (κ2) is 3.42. The zero-order valence-electron chi connectivity index (χ0n) is 7.61. The number of nitrogens with two attached hydrogens (primary N) is 1. The van der Waals surface area contributed by atoms with Gasteiger partial charge >= 0.3 is 0 Å². The maximum atomic E-state index is 5.50. The van der Waals surface area contributed by atoms with Gasteiger partial charge in [0.25, 0.3) is 0 Å². The molecule has 14 heavy (non-hydrogen) atoms.